The van der Waals surface area contributed by atoms with Crippen LogP contribution in [-0.4, -0.2) is 15.9 Å². The number of rotatable bonds is 3. The quantitative estimate of drug-likeness (QED) is 0.775. The van der Waals surface area contributed by atoms with Crippen molar-refractivity contribution in [1.29, 1.82) is 0 Å². The zero-order valence-corrected chi connectivity index (χ0v) is 11.4. The standard InChI is InChI=1S/C12H10N4OS2/c13-8-9-12(15-3-2-14-9)19-10(8)11(17)16-5-7-1-4-18-6-7/h1-4,6H,5,13H2,(H,16,17). The molecule has 3 N–H and O–H groups in total. The number of amides is 1. The fourth-order valence-corrected chi connectivity index (χ4v) is 3.27. The van der Waals surface area contributed by atoms with Gasteiger partial charge in [-0.1, -0.05) is 0 Å². The van der Waals surface area contributed by atoms with Gasteiger partial charge in [0, 0.05) is 18.9 Å². The Kier molecular flexibility index (Phi) is 3.14. The molecule has 0 aliphatic heterocycles. The van der Waals surface area contributed by atoms with Crippen LogP contribution in [0.25, 0.3) is 10.3 Å². The first kappa shape index (κ1) is 12.1. The topological polar surface area (TPSA) is 80.9 Å². The van der Waals surface area contributed by atoms with Crippen LogP contribution in [0.5, 0.6) is 0 Å². The van der Waals surface area contributed by atoms with Crippen molar-refractivity contribution < 1.29 is 4.79 Å². The van der Waals surface area contributed by atoms with E-state index in [4.69, 9.17) is 5.73 Å². The maximum atomic E-state index is 12.1. The van der Waals surface area contributed by atoms with E-state index in [0.717, 1.165) is 5.56 Å². The van der Waals surface area contributed by atoms with Crippen LogP contribution in [0.15, 0.2) is 29.2 Å². The molecular weight excluding hydrogens is 280 g/mol. The Labute approximate surface area is 117 Å². The predicted octanol–water partition coefficient (Wildman–Crippen LogP) is 2.26. The zero-order chi connectivity index (χ0) is 13.2. The van der Waals surface area contributed by atoms with Crippen LogP contribution in [0, 0.1) is 0 Å². The van der Waals surface area contributed by atoms with Gasteiger partial charge in [0.15, 0.2) is 0 Å². The molecule has 3 rings (SSSR count). The number of anilines is 1. The van der Waals surface area contributed by atoms with Crippen LogP contribution in [0.1, 0.15) is 15.2 Å². The molecule has 0 aliphatic carbocycles. The second kappa shape index (κ2) is 4.94. The highest BCUT2D eigenvalue weighted by Crippen LogP contribution is 2.30. The molecule has 3 aromatic rings. The summed E-state index contributed by atoms with van der Waals surface area (Å²) in [5.41, 5.74) is 8.01. The third-order valence-corrected chi connectivity index (χ3v) is 4.44. The van der Waals surface area contributed by atoms with Crippen LogP contribution in [0.4, 0.5) is 5.69 Å². The highest BCUT2D eigenvalue weighted by atomic mass is 32.1. The number of nitrogens with two attached hydrogens (primary N) is 1. The molecule has 0 atom stereocenters. The first-order valence-corrected chi connectivity index (χ1v) is 7.30. The van der Waals surface area contributed by atoms with E-state index < -0.39 is 0 Å². The number of nitrogen functional groups attached to an aromatic ring is 1. The van der Waals surface area contributed by atoms with E-state index in [9.17, 15) is 4.79 Å². The van der Waals surface area contributed by atoms with Gasteiger partial charge in [-0.25, -0.2) is 9.97 Å². The van der Waals surface area contributed by atoms with Crippen LogP contribution in [0.3, 0.4) is 0 Å². The lowest BCUT2D eigenvalue weighted by molar-refractivity contribution is 0.0956. The Morgan fingerprint density at radius 2 is 2.21 bits per heavy atom. The lowest BCUT2D eigenvalue weighted by Gasteiger charge is -2.02. The predicted molar refractivity (Wildman–Crippen MR) is 77.3 cm³/mol. The van der Waals surface area contributed by atoms with Gasteiger partial charge >= 0.3 is 0 Å². The van der Waals surface area contributed by atoms with Gasteiger partial charge in [0.25, 0.3) is 5.91 Å². The van der Waals surface area contributed by atoms with Crippen LogP contribution >= 0.6 is 22.7 Å². The second-order valence-electron chi connectivity index (χ2n) is 3.87. The molecule has 7 heteroatoms. The molecule has 3 heterocycles. The summed E-state index contributed by atoms with van der Waals surface area (Å²) in [7, 11) is 0. The summed E-state index contributed by atoms with van der Waals surface area (Å²) in [5.74, 6) is -0.187. The van der Waals surface area contributed by atoms with Gasteiger partial charge in [-0.15, -0.1) is 11.3 Å². The largest absolute Gasteiger partial charge is 0.396 e. The van der Waals surface area contributed by atoms with E-state index in [2.05, 4.69) is 15.3 Å². The van der Waals surface area contributed by atoms with E-state index in [1.54, 1.807) is 23.7 Å². The Bertz CT molecular complexity index is 720. The van der Waals surface area contributed by atoms with Crippen molar-refractivity contribution in [2.75, 3.05) is 5.73 Å². The number of thiophene rings is 2. The molecule has 0 radical (unpaired) electrons. The molecule has 0 aliphatic rings. The first-order chi connectivity index (χ1) is 9.25. The van der Waals surface area contributed by atoms with Crippen LogP contribution in [-0.2, 0) is 6.54 Å². The van der Waals surface area contributed by atoms with E-state index in [1.807, 2.05) is 16.8 Å². The number of nitrogens with zero attached hydrogens (tertiary/aromatic N) is 2. The van der Waals surface area contributed by atoms with Crippen LogP contribution in [0.2, 0.25) is 0 Å². The number of carbonyl (C=O) groups is 1. The molecule has 96 valence electrons. The molecule has 0 aromatic carbocycles. The van der Waals surface area contributed by atoms with Crippen molar-refractivity contribution in [2.45, 2.75) is 6.54 Å². The van der Waals surface area contributed by atoms with Gasteiger partial charge < -0.3 is 11.1 Å². The molecule has 0 saturated heterocycles. The normalized spacial score (nSPS) is 10.7. The molecule has 19 heavy (non-hydrogen) atoms. The minimum Gasteiger partial charge on any atom is -0.396 e. The minimum atomic E-state index is -0.187. The zero-order valence-electron chi connectivity index (χ0n) is 9.79. The molecule has 0 spiro atoms. The first-order valence-electron chi connectivity index (χ1n) is 5.54. The van der Waals surface area contributed by atoms with Crippen molar-refractivity contribution in [3.63, 3.8) is 0 Å². The average Bonchev–Trinajstić information content (AvgIpc) is 3.05. The molecule has 1 amide bonds. The van der Waals surface area contributed by atoms with E-state index in [0.29, 0.717) is 27.5 Å². The highest BCUT2D eigenvalue weighted by molar-refractivity contribution is 7.21. The molecule has 0 fully saturated rings. The number of hydrogen-bond donors (Lipinski definition) is 2. The van der Waals surface area contributed by atoms with Gasteiger partial charge in [-0.2, -0.15) is 11.3 Å². The number of hydrogen-bond acceptors (Lipinski definition) is 6. The lowest BCUT2D eigenvalue weighted by atomic mass is 10.3. The van der Waals surface area contributed by atoms with Crippen molar-refractivity contribution >= 4 is 44.6 Å². The number of nitrogens with one attached hydrogen (secondary N) is 1. The maximum absolute atomic E-state index is 12.1. The molecule has 3 aromatic heterocycles. The minimum absolute atomic E-state index is 0.187. The summed E-state index contributed by atoms with van der Waals surface area (Å²) in [6.45, 7) is 0.497. The summed E-state index contributed by atoms with van der Waals surface area (Å²) in [4.78, 5) is 21.5. The number of carbonyl (C=O) groups excluding carboxylic acids is 1. The summed E-state index contributed by atoms with van der Waals surface area (Å²) >= 11 is 2.86. The average molecular weight is 290 g/mol. The third-order valence-electron chi connectivity index (χ3n) is 2.60. The number of aromatic nitrogens is 2. The molecule has 0 bridgehead atoms. The molecule has 0 saturated carbocycles. The summed E-state index contributed by atoms with van der Waals surface area (Å²) in [6, 6.07) is 1.97. The van der Waals surface area contributed by atoms with Crippen molar-refractivity contribution in [3.05, 3.63) is 39.7 Å². The third kappa shape index (κ3) is 2.29. The summed E-state index contributed by atoms with van der Waals surface area (Å²) < 4.78 is 0. The Hall–Kier alpha value is -1.99. The maximum Gasteiger partial charge on any atom is 0.263 e. The molecule has 5 nitrogen and oxygen atoms in total. The smallest absolute Gasteiger partial charge is 0.263 e. The van der Waals surface area contributed by atoms with Gasteiger partial charge in [0.05, 0.1) is 5.69 Å². The van der Waals surface area contributed by atoms with Gasteiger partial charge in [0.2, 0.25) is 0 Å². The van der Waals surface area contributed by atoms with Crippen molar-refractivity contribution in [3.8, 4) is 0 Å². The lowest BCUT2D eigenvalue weighted by Crippen LogP contribution is -2.22. The second-order valence-corrected chi connectivity index (χ2v) is 5.65. The van der Waals surface area contributed by atoms with E-state index in [-0.39, 0.29) is 5.91 Å². The van der Waals surface area contributed by atoms with Gasteiger partial charge in [0.1, 0.15) is 15.2 Å². The number of fused-ring (bicyclic) bond motifs is 1. The summed E-state index contributed by atoms with van der Waals surface area (Å²) in [5, 5.41) is 6.82. The summed E-state index contributed by atoms with van der Waals surface area (Å²) in [6.07, 6.45) is 3.16. The highest BCUT2D eigenvalue weighted by Gasteiger charge is 2.17. The van der Waals surface area contributed by atoms with E-state index >= 15 is 0 Å². The van der Waals surface area contributed by atoms with Crippen molar-refractivity contribution in [2.24, 2.45) is 0 Å². The van der Waals surface area contributed by atoms with Gasteiger partial charge in [-0.3, -0.25) is 4.79 Å². The SMILES string of the molecule is Nc1c(C(=O)NCc2ccsc2)sc2nccnc12. The molecular formula is C12H10N4OS2. The fraction of sp³-hybridized carbons (Fsp3) is 0.0833. The molecule has 0 unspecified atom stereocenters. The van der Waals surface area contributed by atoms with Crippen LogP contribution < -0.4 is 11.1 Å². The van der Waals surface area contributed by atoms with E-state index in [1.165, 1.54) is 11.3 Å². The fourth-order valence-electron chi connectivity index (χ4n) is 1.67. The Morgan fingerprint density at radius 3 is 2.95 bits per heavy atom. The van der Waals surface area contributed by atoms with Crippen molar-refractivity contribution in [1.82, 2.24) is 15.3 Å². The Balaban J connectivity index is 1.83. The van der Waals surface area contributed by atoms with Gasteiger partial charge in [-0.05, 0) is 22.4 Å². The monoisotopic (exact) mass is 290 g/mol. The Morgan fingerprint density at radius 1 is 1.37 bits per heavy atom.